The summed E-state index contributed by atoms with van der Waals surface area (Å²) < 4.78 is 0. The van der Waals surface area contributed by atoms with Crippen LogP contribution in [-0.2, 0) is 4.79 Å². The van der Waals surface area contributed by atoms with Gasteiger partial charge in [0, 0.05) is 36.2 Å². The molecule has 4 nitrogen and oxygen atoms in total. The molecular weight excluding hydrogens is 266 g/mol. The summed E-state index contributed by atoms with van der Waals surface area (Å²) in [6, 6.07) is 7.47. The maximum Gasteiger partial charge on any atom is 0.258 e. The van der Waals surface area contributed by atoms with Crippen molar-refractivity contribution in [3.8, 4) is 0 Å². The predicted molar refractivity (Wildman–Crippen MR) is 79.5 cm³/mol. The number of amides is 1. The Kier molecular flexibility index (Phi) is 3.64. The van der Waals surface area contributed by atoms with Crippen molar-refractivity contribution >= 4 is 17.4 Å². The van der Waals surface area contributed by atoms with E-state index < -0.39 is 6.10 Å². The van der Waals surface area contributed by atoms with Gasteiger partial charge in [0.05, 0.1) is 6.10 Å². The minimum atomic E-state index is -0.522. The summed E-state index contributed by atoms with van der Waals surface area (Å²) in [7, 11) is 0. The van der Waals surface area contributed by atoms with E-state index in [-0.39, 0.29) is 24.0 Å². The second-order valence-corrected chi connectivity index (χ2v) is 5.94. The molecule has 1 aliphatic carbocycles. The monoisotopic (exact) mass is 285 g/mol. The van der Waals surface area contributed by atoms with Crippen LogP contribution in [0.4, 0.5) is 0 Å². The van der Waals surface area contributed by atoms with E-state index in [9.17, 15) is 14.7 Å². The van der Waals surface area contributed by atoms with Crippen molar-refractivity contribution in [3.63, 3.8) is 0 Å². The van der Waals surface area contributed by atoms with Crippen LogP contribution in [0.25, 0.3) is 5.70 Å². The largest absolute Gasteiger partial charge is 0.393 e. The second kappa shape index (κ2) is 5.45. The number of hydrogen-bond donors (Lipinski definition) is 1. The standard InChI is InChI=1S/C17H19NO3/c1-11-15-4-2-3-5-16(15)17(21)18(11)7-6-12-8-13(19)10-14(20)9-12/h2-5,12-13,19H,1,6-10H2/t12?,13-/m1/s1. The van der Waals surface area contributed by atoms with Crippen LogP contribution >= 0.6 is 0 Å². The Morgan fingerprint density at radius 2 is 1.90 bits per heavy atom. The van der Waals surface area contributed by atoms with Crippen LogP contribution in [-0.4, -0.2) is 34.3 Å². The van der Waals surface area contributed by atoms with Crippen molar-refractivity contribution in [2.45, 2.75) is 31.8 Å². The van der Waals surface area contributed by atoms with E-state index in [2.05, 4.69) is 6.58 Å². The summed E-state index contributed by atoms with van der Waals surface area (Å²) in [5.41, 5.74) is 2.32. The molecule has 1 aromatic carbocycles. The first-order chi connectivity index (χ1) is 10.1. The zero-order valence-electron chi connectivity index (χ0n) is 11.9. The zero-order chi connectivity index (χ0) is 15.0. The highest BCUT2D eigenvalue weighted by atomic mass is 16.3. The molecule has 1 saturated carbocycles. The van der Waals surface area contributed by atoms with Crippen molar-refractivity contribution in [1.29, 1.82) is 0 Å². The van der Waals surface area contributed by atoms with Crippen molar-refractivity contribution in [2.75, 3.05) is 6.54 Å². The number of carbonyl (C=O) groups excluding carboxylic acids is 2. The Labute approximate surface area is 124 Å². The number of rotatable bonds is 3. The molecule has 0 saturated heterocycles. The SMILES string of the molecule is C=C1c2ccccc2C(=O)N1CCC1CC(=O)C[C@H](O)C1. The lowest BCUT2D eigenvalue weighted by Crippen LogP contribution is -2.30. The van der Waals surface area contributed by atoms with Crippen LogP contribution in [0.1, 0.15) is 41.6 Å². The molecule has 1 aromatic rings. The van der Waals surface area contributed by atoms with Crippen LogP contribution in [0.2, 0.25) is 0 Å². The molecule has 0 bridgehead atoms. The highest BCUT2D eigenvalue weighted by Gasteiger charge is 2.32. The van der Waals surface area contributed by atoms with E-state index in [0.717, 1.165) is 17.7 Å². The van der Waals surface area contributed by atoms with E-state index >= 15 is 0 Å². The molecule has 21 heavy (non-hydrogen) atoms. The third kappa shape index (κ3) is 2.63. The highest BCUT2D eigenvalue weighted by Crippen LogP contribution is 2.33. The fourth-order valence-electron chi connectivity index (χ4n) is 3.32. The molecule has 1 fully saturated rings. The first-order valence-electron chi connectivity index (χ1n) is 7.36. The van der Waals surface area contributed by atoms with E-state index in [1.54, 1.807) is 4.90 Å². The van der Waals surface area contributed by atoms with E-state index in [1.807, 2.05) is 24.3 Å². The van der Waals surface area contributed by atoms with Gasteiger partial charge in [0.1, 0.15) is 5.78 Å². The van der Waals surface area contributed by atoms with Crippen molar-refractivity contribution < 1.29 is 14.7 Å². The number of Topliss-reactive ketones (excluding diaryl/α,β-unsaturated/α-hetero) is 1. The van der Waals surface area contributed by atoms with Crippen LogP contribution in [0.5, 0.6) is 0 Å². The molecule has 2 aliphatic rings. The maximum atomic E-state index is 12.4. The van der Waals surface area contributed by atoms with Crippen molar-refractivity contribution in [1.82, 2.24) is 4.90 Å². The Balaban J connectivity index is 1.66. The summed E-state index contributed by atoms with van der Waals surface area (Å²) >= 11 is 0. The van der Waals surface area contributed by atoms with Gasteiger partial charge in [0.2, 0.25) is 0 Å². The van der Waals surface area contributed by atoms with E-state index in [0.29, 0.717) is 24.9 Å². The lowest BCUT2D eigenvalue weighted by Gasteiger charge is -2.27. The molecule has 110 valence electrons. The molecule has 2 atom stereocenters. The van der Waals surface area contributed by atoms with Gasteiger partial charge in [-0.3, -0.25) is 9.59 Å². The molecule has 1 unspecified atom stereocenters. The van der Waals surface area contributed by atoms with Gasteiger partial charge in [0.15, 0.2) is 0 Å². The summed E-state index contributed by atoms with van der Waals surface area (Å²) in [5, 5.41) is 9.67. The Bertz CT molecular complexity index is 573. The molecule has 1 heterocycles. The predicted octanol–water partition coefficient (Wildman–Crippen LogP) is 2.23. The van der Waals surface area contributed by atoms with Gasteiger partial charge in [0.25, 0.3) is 5.91 Å². The number of carbonyl (C=O) groups is 2. The summed E-state index contributed by atoms with van der Waals surface area (Å²) in [4.78, 5) is 25.6. The average Bonchev–Trinajstić information content (AvgIpc) is 2.69. The molecular formula is C17H19NO3. The minimum absolute atomic E-state index is 0.0155. The van der Waals surface area contributed by atoms with Gasteiger partial charge in [-0.2, -0.15) is 0 Å². The van der Waals surface area contributed by atoms with Crippen molar-refractivity contribution in [2.24, 2.45) is 5.92 Å². The molecule has 1 N–H and O–H groups in total. The van der Waals surface area contributed by atoms with Crippen LogP contribution < -0.4 is 0 Å². The minimum Gasteiger partial charge on any atom is -0.393 e. The molecule has 0 spiro atoms. The number of fused-ring (bicyclic) bond motifs is 1. The number of aliphatic hydroxyl groups excluding tert-OH is 1. The third-order valence-electron chi connectivity index (χ3n) is 4.39. The second-order valence-electron chi connectivity index (χ2n) is 5.94. The normalized spacial score (nSPS) is 25.4. The van der Waals surface area contributed by atoms with Crippen LogP contribution in [0, 0.1) is 5.92 Å². The molecule has 0 aromatic heterocycles. The van der Waals surface area contributed by atoms with Crippen molar-refractivity contribution in [3.05, 3.63) is 42.0 Å². The Hall–Kier alpha value is -1.94. The number of benzene rings is 1. The average molecular weight is 285 g/mol. The lowest BCUT2D eigenvalue weighted by atomic mass is 9.84. The first-order valence-corrected chi connectivity index (χ1v) is 7.36. The fraction of sp³-hybridized carbons (Fsp3) is 0.412. The van der Waals surface area contributed by atoms with Gasteiger partial charge in [-0.1, -0.05) is 24.8 Å². The summed E-state index contributed by atoms with van der Waals surface area (Å²) in [6.45, 7) is 4.56. The Morgan fingerprint density at radius 1 is 1.19 bits per heavy atom. The highest BCUT2D eigenvalue weighted by molar-refractivity contribution is 6.08. The number of hydrogen-bond acceptors (Lipinski definition) is 3. The molecule has 1 aliphatic heterocycles. The third-order valence-corrected chi connectivity index (χ3v) is 4.39. The van der Waals surface area contributed by atoms with Crippen LogP contribution in [0.3, 0.4) is 0 Å². The maximum absolute atomic E-state index is 12.4. The van der Waals surface area contributed by atoms with Crippen LogP contribution in [0.15, 0.2) is 30.8 Å². The van der Waals surface area contributed by atoms with Gasteiger partial charge in [-0.25, -0.2) is 0 Å². The van der Waals surface area contributed by atoms with Gasteiger partial charge in [-0.05, 0) is 24.8 Å². The topological polar surface area (TPSA) is 57.6 Å². The van der Waals surface area contributed by atoms with E-state index in [1.165, 1.54) is 0 Å². The molecule has 1 amide bonds. The van der Waals surface area contributed by atoms with E-state index in [4.69, 9.17) is 0 Å². The lowest BCUT2D eigenvalue weighted by molar-refractivity contribution is -0.124. The summed E-state index contributed by atoms with van der Waals surface area (Å²) in [5.74, 6) is 0.262. The fourth-order valence-corrected chi connectivity index (χ4v) is 3.32. The smallest absolute Gasteiger partial charge is 0.258 e. The number of nitrogens with zero attached hydrogens (tertiary/aromatic N) is 1. The quantitative estimate of drug-likeness (QED) is 0.926. The molecule has 0 radical (unpaired) electrons. The Morgan fingerprint density at radius 3 is 2.57 bits per heavy atom. The zero-order valence-corrected chi connectivity index (χ0v) is 11.9. The molecule has 4 heteroatoms. The first kappa shape index (κ1) is 14.0. The van der Waals surface area contributed by atoms with Gasteiger partial charge >= 0.3 is 0 Å². The molecule has 3 rings (SSSR count). The summed E-state index contributed by atoms with van der Waals surface area (Å²) in [6.07, 6.45) is 1.64. The number of ketones is 1. The van der Waals surface area contributed by atoms with Gasteiger partial charge in [-0.15, -0.1) is 0 Å². The number of aliphatic hydroxyl groups is 1. The van der Waals surface area contributed by atoms with Gasteiger partial charge < -0.3 is 10.0 Å².